The molecule has 1 aromatic rings. The number of hydrogen-bond acceptors (Lipinski definition) is 3. The predicted octanol–water partition coefficient (Wildman–Crippen LogP) is 2.50. The Morgan fingerprint density at radius 2 is 2.57 bits per heavy atom. The van der Waals surface area contributed by atoms with Crippen molar-refractivity contribution >= 4 is 17.0 Å². The van der Waals surface area contributed by atoms with Gasteiger partial charge in [0.1, 0.15) is 0 Å². The molecule has 0 saturated carbocycles. The summed E-state index contributed by atoms with van der Waals surface area (Å²) >= 11 is 1.75. The number of rotatable bonds is 3. The van der Waals surface area contributed by atoms with Crippen LogP contribution in [0.25, 0.3) is 0 Å². The minimum Gasteiger partial charge on any atom is -0.384 e. The average molecular weight is 210 g/mol. The van der Waals surface area contributed by atoms with Gasteiger partial charge in [-0.1, -0.05) is 0 Å². The second-order valence-corrected chi connectivity index (χ2v) is 4.94. The number of thiophene rings is 1. The number of nitrogens with one attached hydrogen (secondary N) is 1. The van der Waals surface area contributed by atoms with E-state index in [1.54, 1.807) is 11.3 Å². The monoisotopic (exact) mass is 210 g/mol. The summed E-state index contributed by atoms with van der Waals surface area (Å²) in [6.07, 6.45) is 2.73. The Labute approximate surface area is 89.9 Å². The second kappa shape index (κ2) is 4.80. The van der Waals surface area contributed by atoms with Crippen LogP contribution in [-0.4, -0.2) is 31.6 Å². The van der Waals surface area contributed by atoms with E-state index >= 15 is 0 Å². The minimum atomic E-state index is 0.827. The van der Waals surface area contributed by atoms with Gasteiger partial charge in [0.25, 0.3) is 0 Å². The highest BCUT2D eigenvalue weighted by molar-refractivity contribution is 7.08. The summed E-state index contributed by atoms with van der Waals surface area (Å²) in [5.41, 5.74) is 1.28. The van der Waals surface area contributed by atoms with Gasteiger partial charge >= 0.3 is 0 Å². The maximum Gasteiger partial charge on any atom is 0.0448 e. The number of likely N-dealkylation sites (tertiary alicyclic amines) is 1. The fourth-order valence-electron chi connectivity index (χ4n) is 2.07. The lowest BCUT2D eigenvalue weighted by atomic mass is 9.98. The SMILES string of the molecule is CN1CCCC(CNc2ccsc2)C1. The molecule has 1 unspecified atom stereocenters. The molecule has 1 atom stereocenters. The molecule has 1 fully saturated rings. The van der Waals surface area contributed by atoms with Gasteiger partial charge in [-0.05, 0) is 43.8 Å². The third-order valence-corrected chi connectivity index (χ3v) is 3.52. The minimum absolute atomic E-state index is 0.827. The molecular formula is C11H18N2S. The molecule has 0 amide bonds. The van der Waals surface area contributed by atoms with Crippen molar-refractivity contribution in [1.82, 2.24) is 4.90 Å². The molecule has 0 spiro atoms. The van der Waals surface area contributed by atoms with Gasteiger partial charge in [-0.15, -0.1) is 0 Å². The molecule has 1 N–H and O–H groups in total. The molecule has 2 nitrogen and oxygen atoms in total. The lowest BCUT2D eigenvalue weighted by molar-refractivity contribution is 0.217. The van der Waals surface area contributed by atoms with Crippen LogP contribution < -0.4 is 5.32 Å². The lowest BCUT2D eigenvalue weighted by Crippen LogP contribution is -2.35. The molecular weight excluding hydrogens is 192 g/mol. The van der Waals surface area contributed by atoms with E-state index in [0.717, 1.165) is 12.5 Å². The van der Waals surface area contributed by atoms with Crippen molar-refractivity contribution in [3.05, 3.63) is 16.8 Å². The number of anilines is 1. The fraction of sp³-hybridized carbons (Fsp3) is 0.636. The molecule has 0 radical (unpaired) electrons. The second-order valence-electron chi connectivity index (χ2n) is 4.16. The summed E-state index contributed by atoms with van der Waals surface area (Å²) < 4.78 is 0. The normalized spacial score (nSPS) is 23.6. The van der Waals surface area contributed by atoms with Crippen molar-refractivity contribution in [2.75, 3.05) is 32.0 Å². The van der Waals surface area contributed by atoms with Crippen molar-refractivity contribution in [3.63, 3.8) is 0 Å². The summed E-state index contributed by atoms with van der Waals surface area (Å²) in [6.45, 7) is 3.65. The summed E-state index contributed by atoms with van der Waals surface area (Å²) in [5.74, 6) is 0.827. The van der Waals surface area contributed by atoms with Gasteiger partial charge in [0.2, 0.25) is 0 Å². The third kappa shape index (κ3) is 2.72. The zero-order valence-electron chi connectivity index (χ0n) is 8.70. The Morgan fingerprint density at radius 3 is 3.29 bits per heavy atom. The summed E-state index contributed by atoms with van der Waals surface area (Å²) in [5, 5.41) is 7.79. The van der Waals surface area contributed by atoms with E-state index in [2.05, 4.69) is 34.1 Å². The van der Waals surface area contributed by atoms with Crippen LogP contribution in [0.3, 0.4) is 0 Å². The molecule has 3 heteroatoms. The maximum absolute atomic E-state index is 3.50. The van der Waals surface area contributed by atoms with Crippen molar-refractivity contribution in [1.29, 1.82) is 0 Å². The van der Waals surface area contributed by atoms with Crippen molar-refractivity contribution < 1.29 is 0 Å². The summed E-state index contributed by atoms with van der Waals surface area (Å²) in [7, 11) is 2.22. The van der Waals surface area contributed by atoms with E-state index in [9.17, 15) is 0 Å². The Morgan fingerprint density at radius 1 is 1.64 bits per heavy atom. The Hall–Kier alpha value is -0.540. The maximum atomic E-state index is 3.50. The standard InChI is InChI=1S/C11H18N2S/c1-13-5-2-3-10(8-13)7-12-11-4-6-14-9-11/h4,6,9-10,12H,2-3,5,7-8H2,1H3. The van der Waals surface area contributed by atoms with Crippen LogP contribution in [0.4, 0.5) is 5.69 Å². The number of hydrogen-bond donors (Lipinski definition) is 1. The Kier molecular flexibility index (Phi) is 3.43. The van der Waals surface area contributed by atoms with Crippen LogP contribution in [0.5, 0.6) is 0 Å². The van der Waals surface area contributed by atoms with E-state index in [1.165, 1.54) is 31.6 Å². The van der Waals surface area contributed by atoms with Crippen LogP contribution >= 0.6 is 11.3 Å². The van der Waals surface area contributed by atoms with Gasteiger partial charge in [0.15, 0.2) is 0 Å². The van der Waals surface area contributed by atoms with E-state index in [4.69, 9.17) is 0 Å². The largest absolute Gasteiger partial charge is 0.384 e. The molecule has 78 valence electrons. The first-order valence-electron chi connectivity index (χ1n) is 5.29. The smallest absolute Gasteiger partial charge is 0.0448 e. The first kappa shape index (κ1) is 9.99. The molecule has 2 rings (SSSR count). The van der Waals surface area contributed by atoms with Gasteiger partial charge < -0.3 is 10.2 Å². The van der Waals surface area contributed by atoms with Gasteiger partial charge in [0.05, 0.1) is 0 Å². The number of piperidine rings is 1. The molecule has 0 aromatic carbocycles. The van der Waals surface area contributed by atoms with E-state index in [0.29, 0.717) is 0 Å². The first-order valence-corrected chi connectivity index (χ1v) is 6.23. The van der Waals surface area contributed by atoms with Crippen molar-refractivity contribution in [2.24, 2.45) is 5.92 Å². The third-order valence-electron chi connectivity index (χ3n) is 2.84. The zero-order chi connectivity index (χ0) is 9.80. The molecule has 0 bridgehead atoms. The Balaban J connectivity index is 1.75. The first-order chi connectivity index (χ1) is 6.84. The van der Waals surface area contributed by atoms with Gasteiger partial charge in [-0.3, -0.25) is 0 Å². The van der Waals surface area contributed by atoms with Crippen LogP contribution in [0.15, 0.2) is 16.8 Å². The fourth-order valence-corrected chi connectivity index (χ4v) is 2.68. The molecule has 14 heavy (non-hydrogen) atoms. The van der Waals surface area contributed by atoms with E-state index < -0.39 is 0 Å². The van der Waals surface area contributed by atoms with Gasteiger partial charge in [0, 0.05) is 24.2 Å². The lowest BCUT2D eigenvalue weighted by Gasteiger charge is -2.29. The molecule has 1 saturated heterocycles. The van der Waals surface area contributed by atoms with Crippen LogP contribution in [0.1, 0.15) is 12.8 Å². The van der Waals surface area contributed by atoms with Crippen LogP contribution in [0, 0.1) is 5.92 Å². The van der Waals surface area contributed by atoms with E-state index in [-0.39, 0.29) is 0 Å². The molecule has 1 aromatic heterocycles. The predicted molar refractivity (Wildman–Crippen MR) is 63.0 cm³/mol. The average Bonchev–Trinajstić information content (AvgIpc) is 2.67. The highest BCUT2D eigenvalue weighted by atomic mass is 32.1. The van der Waals surface area contributed by atoms with Gasteiger partial charge in [-0.2, -0.15) is 11.3 Å². The topological polar surface area (TPSA) is 15.3 Å². The molecule has 1 aliphatic heterocycles. The summed E-state index contributed by atoms with van der Waals surface area (Å²) in [4.78, 5) is 2.43. The van der Waals surface area contributed by atoms with Gasteiger partial charge in [-0.25, -0.2) is 0 Å². The number of nitrogens with zero attached hydrogens (tertiary/aromatic N) is 1. The zero-order valence-corrected chi connectivity index (χ0v) is 9.52. The highest BCUT2D eigenvalue weighted by Gasteiger charge is 2.16. The quantitative estimate of drug-likeness (QED) is 0.824. The van der Waals surface area contributed by atoms with Crippen molar-refractivity contribution in [2.45, 2.75) is 12.8 Å². The van der Waals surface area contributed by atoms with E-state index in [1.807, 2.05) is 0 Å². The molecule has 1 aliphatic rings. The van der Waals surface area contributed by atoms with Crippen LogP contribution in [0.2, 0.25) is 0 Å². The highest BCUT2D eigenvalue weighted by Crippen LogP contribution is 2.17. The summed E-state index contributed by atoms with van der Waals surface area (Å²) in [6, 6.07) is 2.15. The Bertz CT molecular complexity index is 258. The van der Waals surface area contributed by atoms with Crippen LogP contribution in [-0.2, 0) is 0 Å². The molecule has 2 heterocycles. The molecule has 0 aliphatic carbocycles. The van der Waals surface area contributed by atoms with Crippen molar-refractivity contribution in [3.8, 4) is 0 Å².